The number of hydrogen-bond acceptors (Lipinski definition) is 1. The predicted molar refractivity (Wildman–Crippen MR) is 82.2 cm³/mol. The molecule has 20 heavy (non-hydrogen) atoms. The summed E-state index contributed by atoms with van der Waals surface area (Å²) >= 11 is 0. The van der Waals surface area contributed by atoms with Gasteiger partial charge in [-0.2, -0.15) is 0 Å². The zero-order chi connectivity index (χ0) is 14.0. The molecule has 1 N–H and O–H groups in total. The van der Waals surface area contributed by atoms with Crippen molar-refractivity contribution in [1.29, 1.82) is 0 Å². The third kappa shape index (κ3) is 1.53. The number of allylic oxidation sites excluding steroid dienone is 4. The van der Waals surface area contributed by atoms with Crippen LogP contribution in [0.25, 0.3) is 0 Å². The minimum absolute atomic E-state index is 0.0436. The Labute approximate surface area is 123 Å². The second-order valence-corrected chi connectivity index (χ2v) is 8.27. The molecule has 0 amide bonds. The minimum atomic E-state index is -0.0436. The lowest BCUT2D eigenvalue weighted by atomic mass is 9.49. The maximum absolute atomic E-state index is 10.4. The Morgan fingerprint density at radius 3 is 2.80 bits per heavy atom. The molecule has 1 nitrogen and oxygen atoms in total. The molecule has 4 aliphatic carbocycles. The Balaban J connectivity index is 1.72. The van der Waals surface area contributed by atoms with Crippen molar-refractivity contribution in [3.05, 3.63) is 23.8 Å². The Morgan fingerprint density at radius 1 is 1.10 bits per heavy atom. The fourth-order valence-electron chi connectivity index (χ4n) is 6.27. The largest absolute Gasteiger partial charge is 0.393 e. The van der Waals surface area contributed by atoms with E-state index in [9.17, 15) is 5.11 Å². The summed E-state index contributed by atoms with van der Waals surface area (Å²) in [5.41, 5.74) is 2.26. The highest BCUT2D eigenvalue weighted by molar-refractivity contribution is 5.34. The van der Waals surface area contributed by atoms with E-state index < -0.39 is 0 Å². The van der Waals surface area contributed by atoms with Crippen LogP contribution in [0.5, 0.6) is 0 Å². The van der Waals surface area contributed by atoms with Crippen LogP contribution in [-0.2, 0) is 0 Å². The smallest absolute Gasteiger partial charge is 0.0596 e. The van der Waals surface area contributed by atoms with E-state index in [0.717, 1.165) is 24.2 Å². The molecule has 1 unspecified atom stereocenters. The van der Waals surface area contributed by atoms with E-state index in [0.29, 0.717) is 5.41 Å². The average molecular weight is 272 g/mol. The third-order valence-electron chi connectivity index (χ3n) is 7.60. The van der Waals surface area contributed by atoms with Crippen molar-refractivity contribution in [2.45, 2.75) is 64.9 Å². The maximum Gasteiger partial charge on any atom is 0.0596 e. The van der Waals surface area contributed by atoms with Crippen LogP contribution >= 0.6 is 0 Å². The molecule has 0 bridgehead atoms. The molecular formula is C19H28O. The molecule has 0 saturated heterocycles. The summed E-state index contributed by atoms with van der Waals surface area (Å²) < 4.78 is 0. The normalized spacial score (nSPS) is 53.9. The Hall–Kier alpha value is -0.560. The fraction of sp³-hybridized carbons (Fsp3) is 0.789. The molecule has 4 aliphatic rings. The van der Waals surface area contributed by atoms with Gasteiger partial charge in [0.25, 0.3) is 0 Å². The van der Waals surface area contributed by atoms with E-state index in [1.807, 2.05) is 0 Å². The first-order valence-corrected chi connectivity index (χ1v) is 8.61. The van der Waals surface area contributed by atoms with Crippen LogP contribution in [0.4, 0.5) is 0 Å². The molecule has 0 aromatic rings. The average Bonchev–Trinajstić information content (AvgIpc) is 2.74. The van der Waals surface area contributed by atoms with Gasteiger partial charge in [0, 0.05) is 0 Å². The highest BCUT2D eigenvalue weighted by atomic mass is 16.3. The fourth-order valence-corrected chi connectivity index (χ4v) is 6.27. The molecular weight excluding hydrogens is 244 g/mol. The van der Waals surface area contributed by atoms with Crippen molar-refractivity contribution >= 4 is 0 Å². The third-order valence-corrected chi connectivity index (χ3v) is 7.60. The first-order valence-electron chi connectivity index (χ1n) is 8.61. The van der Waals surface area contributed by atoms with Crippen LogP contribution in [0.2, 0.25) is 0 Å². The molecule has 6 atom stereocenters. The molecule has 0 radical (unpaired) electrons. The predicted octanol–water partition coefficient (Wildman–Crippen LogP) is 4.48. The highest BCUT2D eigenvalue weighted by Gasteiger charge is 2.57. The van der Waals surface area contributed by atoms with E-state index in [2.05, 4.69) is 32.1 Å². The maximum atomic E-state index is 10.4. The topological polar surface area (TPSA) is 20.2 Å². The number of rotatable bonds is 0. The van der Waals surface area contributed by atoms with Gasteiger partial charge in [0.15, 0.2) is 0 Å². The summed E-state index contributed by atoms with van der Waals surface area (Å²) in [6, 6.07) is 0. The van der Waals surface area contributed by atoms with Crippen LogP contribution in [0.15, 0.2) is 23.8 Å². The zero-order valence-corrected chi connectivity index (χ0v) is 12.9. The quantitative estimate of drug-likeness (QED) is 0.689. The van der Waals surface area contributed by atoms with Gasteiger partial charge in [-0.05, 0) is 79.1 Å². The van der Waals surface area contributed by atoms with Crippen LogP contribution in [-0.4, -0.2) is 11.2 Å². The van der Waals surface area contributed by atoms with Crippen molar-refractivity contribution in [3.63, 3.8) is 0 Å². The summed E-state index contributed by atoms with van der Waals surface area (Å²) in [5.74, 6) is 2.44. The van der Waals surface area contributed by atoms with Crippen LogP contribution < -0.4 is 0 Å². The van der Waals surface area contributed by atoms with Gasteiger partial charge in [-0.1, -0.05) is 32.1 Å². The molecule has 2 saturated carbocycles. The van der Waals surface area contributed by atoms with Gasteiger partial charge in [0.05, 0.1) is 6.10 Å². The van der Waals surface area contributed by atoms with Crippen molar-refractivity contribution in [1.82, 2.24) is 0 Å². The highest BCUT2D eigenvalue weighted by Crippen LogP contribution is 2.64. The summed E-state index contributed by atoms with van der Waals surface area (Å²) in [5, 5.41) is 10.4. The van der Waals surface area contributed by atoms with Crippen LogP contribution in [0.3, 0.4) is 0 Å². The molecule has 110 valence electrons. The first-order chi connectivity index (χ1) is 9.56. The summed E-state index contributed by atoms with van der Waals surface area (Å²) in [6.07, 6.45) is 16.0. The molecule has 0 aromatic carbocycles. The molecule has 0 aromatic heterocycles. The standard InChI is InChI=1S/C19H28O/c1-18-11-4-3-5-13(18)6-7-14-15-8-9-17(20)19(15,2)12-10-16(14)18/h3,5-6,14-17,20H,4,7-12H2,1-2H3/t14-,15-,16+,17?,18-,19-/m0/s1. The van der Waals surface area contributed by atoms with Gasteiger partial charge in [-0.3, -0.25) is 0 Å². The molecule has 0 aliphatic heterocycles. The molecule has 4 rings (SSSR count). The molecule has 1 heteroatoms. The van der Waals surface area contributed by atoms with Crippen molar-refractivity contribution in [2.75, 3.05) is 0 Å². The van der Waals surface area contributed by atoms with Gasteiger partial charge in [-0.25, -0.2) is 0 Å². The lowest BCUT2D eigenvalue weighted by Gasteiger charge is -2.56. The number of fused-ring (bicyclic) bond motifs is 5. The zero-order valence-electron chi connectivity index (χ0n) is 12.9. The molecule has 0 spiro atoms. The van der Waals surface area contributed by atoms with Crippen LogP contribution in [0.1, 0.15) is 58.8 Å². The Morgan fingerprint density at radius 2 is 1.95 bits per heavy atom. The van der Waals surface area contributed by atoms with E-state index >= 15 is 0 Å². The van der Waals surface area contributed by atoms with E-state index in [1.165, 1.54) is 38.5 Å². The Kier molecular flexibility index (Phi) is 2.77. The SMILES string of the molecule is C[C@]12CCC=CC1=CC[C@@H]1[C@H]2CC[C@]2(C)C(O)CC[C@@H]12. The van der Waals surface area contributed by atoms with Crippen molar-refractivity contribution in [2.24, 2.45) is 28.6 Å². The monoisotopic (exact) mass is 272 g/mol. The lowest BCUT2D eigenvalue weighted by molar-refractivity contribution is -0.0624. The number of aliphatic hydroxyl groups is 1. The number of aliphatic hydroxyl groups excluding tert-OH is 1. The van der Waals surface area contributed by atoms with Gasteiger partial charge in [-0.15, -0.1) is 0 Å². The summed E-state index contributed by atoms with van der Waals surface area (Å²) in [6.45, 7) is 4.89. The number of hydrogen-bond donors (Lipinski definition) is 1. The van der Waals surface area contributed by atoms with E-state index in [1.54, 1.807) is 5.57 Å². The van der Waals surface area contributed by atoms with Gasteiger partial charge in [0.2, 0.25) is 0 Å². The van der Waals surface area contributed by atoms with Crippen LogP contribution in [0, 0.1) is 28.6 Å². The second-order valence-electron chi connectivity index (χ2n) is 8.27. The molecule has 2 fully saturated rings. The lowest BCUT2D eigenvalue weighted by Crippen LogP contribution is -2.49. The Bertz CT molecular complexity index is 476. The van der Waals surface area contributed by atoms with Crippen molar-refractivity contribution < 1.29 is 5.11 Å². The second kappa shape index (κ2) is 4.22. The molecule has 0 heterocycles. The van der Waals surface area contributed by atoms with E-state index in [4.69, 9.17) is 0 Å². The summed E-state index contributed by atoms with van der Waals surface area (Å²) in [4.78, 5) is 0. The van der Waals surface area contributed by atoms with Gasteiger partial charge in [0.1, 0.15) is 0 Å². The summed E-state index contributed by atoms with van der Waals surface area (Å²) in [7, 11) is 0. The minimum Gasteiger partial charge on any atom is -0.393 e. The van der Waals surface area contributed by atoms with Gasteiger partial charge >= 0.3 is 0 Å². The van der Waals surface area contributed by atoms with Gasteiger partial charge < -0.3 is 5.11 Å². The van der Waals surface area contributed by atoms with E-state index in [-0.39, 0.29) is 11.5 Å². The first kappa shape index (κ1) is 13.1. The van der Waals surface area contributed by atoms with Crippen molar-refractivity contribution in [3.8, 4) is 0 Å².